The van der Waals surface area contributed by atoms with Crippen LogP contribution in [-0.4, -0.2) is 33.8 Å². The third-order valence-electron chi connectivity index (χ3n) is 5.06. The maximum Gasteiger partial charge on any atom is 0.296 e. The number of likely N-dealkylation sites (tertiary alicyclic amines) is 1. The molecule has 1 fully saturated rings. The number of aliphatic hydroxyl groups excluding tert-OH is 1. The van der Waals surface area contributed by atoms with Gasteiger partial charge in [-0.2, -0.15) is 0 Å². The van der Waals surface area contributed by atoms with Gasteiger partial charge < -0.3 is 19.2 Å². The molecule has 1 N–H and O–H groups in total. The first-order valence-electron chi connectivity index (χ1n) is 9.37. The highest BCUT2D eigenvalue weighted by Gasteiger charge is 2.46. The molecular weight excluding hydrogens is 384 g/mol. The van der Waals surface area contributed by atoms with Crippen molar-refractivity contribution in [1.82, 2.24) is 9.88 Å². The van der Waals surface area contributed by atoms with Crippen LogP contribution < -0.4 is 4.74 Å². The van der Waals surface area contributed by atoms with Crippen LogP contribution in [0.25, 0.3) is 5.76 Å². The zero-order valence-electron chi connectivity index (χ0n) is 16.5. The van der Waals surface area contributed by atoms with Crippen LogP contribution in [-0.2, 0) is 16.1 Å². The minimum absolute atomic E-state index is 0.0107. The number of benzene rings is 1. The summed E-state index contributed by atoms with van der Waals surface area (Å²) in [7, 11) is 1.48. The maximum absolute atomic E-state index is 13.0. The first-order valence-corrected chi connectivity index (χ1v) is 9.37. The van der Waals surface area contributed by atoms with Crippen molar-refractivity contribution in [3.63, 3.8) is 0 Å². The second-order valence-electron chi connectivity index (χ2n) is 7.00. The molecule has 1 saturated heterocycles. The van der Waals surface area contributed by atoms with Crippen molar-refractivity contribution in [2.75, 3.05) is 7.11 Å². The molecular formula is C23H20N2O5. The Morgan fingerprint density at radius 3 is 2.73 bits per heavy atom. The minimum Gasteiger partial charge on any atom is -0.507 e. The van der Waals surface area contributed by atoms with Crippen molar-refractivity contribution in [1.29, 1.82) is 0 Å². The number of carbonyl (C=O) groups excluding carboxylic acids is 2. The standard InChI is InChI=1S/C23H20N2O5/c1-14-7-8-18(29-2)17(11-14)21(26)19-20(15-5-3-9-24-12-15)25(23(28)22(19)27)13-16-6-4-10-30-16/h3-12,20,26H,13H2,1-2H3/b21-19+. The zero-order valence-corrected chi connectivity index (χ0v) is 16.5. The predicted octanol–water partition coefficient (Wildman–Crippen LogP) is 3.61. The number of aliphatic hydroxyl groups is 1. The summed E-state index contributed by atoms with van der Waals surface area (Å²) in [4.78, 5) is 31.5. The number of Topliss-reactive ketones (excluding diaryl/α,β-unsaturated/α-hetero) is 1. The molecule has 4 rings (SSSR count). The Morgan fingerprint density at radius 2 is 2.07 bits per heavy atom. The zero-order chi connectivity index (χ0) is 21.3. The third kappa shape index (κ3) is 3.34. The van der Waals surface area contributed by atoms with E-state index >= 15 is 0 Å². The highest BCUT2D eigenvalue weighted by molar-refractivity contribution is 6.46. The molecule has 7 nitrogen and oxygen atoms in total. The second kappa shape index (κ2) is 7.87. The number of furan rings is 1. The number of ketones is 1. The molecule has 1 aliphatic rings. The summed E-state index contributed by atoms with van der Waals surface area (Å²) in [6, 6.07) is 11.4. The fourth-order valence-electron chi connectivity index (χ4n) is 3.65. The Bertz CT molecular complexity index is 1120. The fraction of sp³-hybridized carbons (Fsp3) is 0.174. The van der Waals surface area contributed by atoms with Crippen molar-refractivity contribution in [3.05, 3.63) is 89.1 Å². The lowest BCUT2D eigenvalue weighted by atomic mass is 9.95. The number of aromatic nitrogens is 1. The van der Waals surface area contributed by atoms with Gasteiger partial charge in [0.1, 0.15) is 17.3 Å². The first kappa shape index (κ1) is 19.4. The van der Waals surface area contributed by atoms with Gasteiger partial charge in [0, 0.05) is 12.4 Å². The van der Waals surface area contributed by atoms with E-state index in [9.17, 15) is 14.7 Å². The Balaban J connectivity index is 1.90. The molecule has 1 unspecified atom stereocenters. The number of nitrogens with zero attached hydrogens (tertiary/aromatic N) is 2. The molecule has 1 aliphatic heterocycles. The summed E-state index contributed by atoms with van der Waals surface area (Å²) in [6.45, 7) is 1.95. The van der Waals surface area contributed by atoms with Gasteiger partial charge in [-0.05, 0) is 42.8 Å². The van der Waals surface area contributed by atoms with Crippen molar-refractivity contribution in [3.8, 4) is 5.75 Å². The Kier molecular flexibility index (Phi) is 5.10. The van der Waals surface area contributed by atoms with Crippen LogP contribution in [0, 0.1) is 6.92 Å². The van der Waals surface area contributed by atoms with E-state index in [-0.39, 0.29) is 17.9 Å². The lowest BCUT2D eigenvalue weighted by molar-refractivity contribution is -0.140. The summed E-state index contributed by atoms with van der Waals surface area (Å²) in [6.07, 6.45) is 4.68. The number of carbonyl (C=O) groups is 2. The number of rotatable bonds is 5. The molecule has 0 bridgehead atoms. The summed E-state index contributed by atoms with van der Waals surface area (Å²) < 4.78 is 10.7. The lowest BCUT2D eigenvalue weighted by Crippen LogP contribution is -2.29. The number of hydrogen-bond acceptors (Lipinski definition) is 6. The van der Waals surface area contributed by atoms with Gasteiger partial charge in [-0.3, -0.25) is 14.6 Å². The van der Waals surface area contributed by atoms with E-state index in [4.69, 9.17) is 9.15 Å². The Morgan fingerprint density at radius 1 is 1.23 bits per heavy atom. The number of aryl methyl sites for hydroxylation is 1. The van der Waals surface area contributed by atoms with Crippen LogP contribution in [0.5, 0.6) is 5.75 Å². The second-order valence-corrected chi connectivity index (χ2v) is 7.00. The van der Waals surface area contributed by atoms with E-state index in [2.05, 4.69) is 4.98 Å². The minimum atomic E-state index is -0.811. The van der Waals surface area contributed by atoms with Crippen LogP contribution in [0.3, 0.4) is 0 Å². The SMILES string of the molecule is COc1ccc(C)cc1/C(O)=C1\C(=O)C(=O)N(Cc2ccco2)C1c1cccnc1. The van der Waals surface area contributed by atoms with Gasteiger partial charge in [-0.25, -0.2) is 0 Å². The highest BCUT2D eigenvalue weighted by Crippen LogP contribution is 2.41. The summed E-state index contributed by atoms with van der Waals surface area (Å²) in [5, 5.41) is 11.2. The number of amides is 1. The molecule has 152 valence electrons. The molecule has 0 saturated carbocycles. The fourth-order valence-corrected chi connectivity index (χ4v) is 3.65. The average Bonchev–Trinajstić information content (AvgIpc) is 3.36. The van der Waals surface area contributed by atoms with Gasteiger partial charge in [-0.1, -0.05) is 17.7 Å². The van der Waals surface area contributed by atoms with Gasteiger partial charge in [0.15, 0.2) is 0 Å². The smallest absolute Gasteiger partial charge is 0.296 e. The van der Waals surface area contributed by atoms with Crippen LogP contribution >= 0.6 is 0 Å². The monoisotopic (exact) mass is 404 g/mol. The van der Waals surface area contributed by atoms with Gasteiger partial charge in [0.2, 0.25) is 0 Å². The van der Waals surface area contributed by atoms with E-state index in [1.54, 1.807) is 48.8 Å². The quantitative estimate of drug-likeness (QED) is 0.397. The molecule has 3 aromatic rings. The van der Waals surface area contributed by atoms with E-state index in [1.165, 1.54) is 18.3 Å². The third-order valence-corrected chi connectivity index (χ3v) is 5.06. The number of hydrogen-bond donors (Lipinski definition) is 1. The van der Waals surface area contributed by atoms with Crippen molar-refractivity contribution in [2.45, 2.75) is 19.5 Å². The Labute approximate surface area is 173 Å². The molecule has 1 aromatic carbocycles. The summed E-state index contributed by atoms with van der Waals surface area (Å²) in [5.74, 6) is -0.839. The van der Waals surface area contributed by atoms with E-state index < -0.39 is 17.7 Å². The normalized spacial score (nSPS) is 18.1. The lowest BCUT2D eigenvalue weighted by Gasteiger charge is -2.24. The molecule has 3 heterocycles. The number of ether oxygens (including phenoxy) is 1. The average molecular weight is 404 g/mol. The van der Waals surface area contributed by atoms with Gasteiger partial charge in [0.05, 0.1) is 37.1 Å². The van der Waals surface area contributed by atoms with Crippen molar-refractivity contribution >= 4 is 17.4 Å². The van der Waals surface area contributed by atoms with Gasteiger partial charge in [-0.15, -0.1) is 0 Å². The highest BCUT2D eigenvalue weighted by atomic mass is 16.5. The number of methoxy groups -OCH3 is 1. The van der Waals surface area contributed by atoms with Gasteiger partial charge in [0.25, 0.3) is 11.7 Å². The Hall–Kier alpha value is -3.87. The van der Waals surface area contributed by atoms with E-state index in [0.29, 0.717) is 22.6 Å². The molecule has 0 radical (unpaired) electrons. The summed E-state index contributed by atoms with van der Waals surface area (Å²) in [5.41, 5.74) is 1.82. The molecule has 0 aliphatic carbocycles. The first-order chi connectivity index (χ1) is 14.5. The van der Waals surface area contributed by atoms with Crippen LogP contribution in [0.1, 0.15) is 28.5 Å². The molecule has 1 atom stereocenters. The topological polar surface area (TPSA) is 92.9 Å². The summed E-state index contributed by atoms with van der Waals surface area (Å²) >= 11 is 0. The van der Waals surface area contributed by atoms with Crippen molar-refractivity contribution in [2.24, 2.45) is 0 Å². The van der Waals surface area contributed by atoms with Gasteiger partial charge >= 0.3 is 0 Å². The largest absolute Gasteiger partial charge is 0.507 e. The number of pyridine rings is 1. The molecule has 1 amide bonds. The van der Waals surface area contributed by atoms with Crippen LogP contribution in [0.2, 0.25) is 0 Å². The van der Waals surface area contributed by atoms with Crippen LogP contribution in [0.4, 0.5) is 0 Å². The van der Waals surface area contributed by atoms with Crippen LogP contribution in [0.15, 0.2) is 71.1 Å². The molecule has 2 aromatic heterocycles. The molecule has 7 heteroatoms. The molecule has 30 heavy (non-hydrogen) atoms. The van der Waals surface area contributed by atoms with E-state index in [1.807, 2.05) is 13.0 Å². The molecule has 0 spiro atoms. The van der Waals surface area contributed by atoms with Crippen molar-refractivity contribution < 1.29 is 23.8 Å². The van der Waals surface area contributed by atoms with E-state index in [0.717, 1.165) is 5.56 Å². The predicted molar refractivity (Wildman–Crippen MR) is 109 cm³/mol. The maximum atomic E-state index is 13.0.